The van der Waals surface area contributed by atoms with Crippen LogP contribution in [0.2, 0.25) is 5.02 Å². The van der Waals surface area contributed by atoms with Gasteiger partial charge in [-0.05, 0) is 35.4 Å². The highest BCUT2D eigenvalue weighted by Crippen LogP contribution is 2.37. The van der Waals surface area contributed by atoms with Gasteiger partial charge in [-0.3, -0.25) is 24.3 Å². The highest BCUT2D eigenvalue weighted by molar-refractivity contribution is 7.92. The van der Waals surface area contributed by atoms with Crippen LogP contribution in [0, 0.1) is 0 Å². The number of esters is 1. The minimum Gasteiger partial charge on any atom is -0.614 e. The Bertz CT molecular complexity index is 1260. The van der Waals surface area contributed by atoms with Gasteiger partial charge < -0.3 is 25.0 Å². The monoisotopic (exact) mass is 556 g/mol. The molecule has 36 heavy (non-hydrogen) atoms. The molecule has 4 rings (SSSR count). The molecule has 1 aromatic carbocycles. The molecule has 0 aliphatic carbocycles. The minimum absolute atomic E-state index is 0. The second-order valence-electron chi connectivity index (χ2n) is 7.90. The van der Waals surface area contributed by atoms with Crippen LogP contribution in [0.3, 0.4) is 0 Å². The quantitative estimate of drug-likeness (QED) is 0.248. The zero-order valence-corrected chi connectivity index (χ0v) is 21.2. The van der Waals surface area contributed by atoms with Crippen molar-refractivity contribution in [2.24, 2.45) is 0 Å². The van der Waals surface area contributed by atoms with Gasteiger partial charge in [0.25, 0.3) is 5.91 Å². The molecule has 0 bridgehead atoms. The molecule has 3 N–H and O–H groups in total. The van der Waals surface area contributed by atoms with Gasteiger partial charge in [-0.1, -0.05) is 11.6 Å². The van der Waals surface area contributed by atoms with Gasteiger partial charge in [-0.15, -0.1) is 12.4 Å². The maximum absolute atomic E-state index is 12.7. The smallest absolute Gasteiger partial charge is 0.353 e. The second-order valence-corrected chi connectivity index (χ2v) is 9.87. The number of rotatable bonds is 8. The van der Waals surface area contributed by atoms with Crippen molar-refractivity contribution in [1.82, 2.24) is 15.2 Å². The van der Waals surface area contributed by atoms with Crippen LogP contribution in [0.4, 0.5) is 5.69 Å². The van der Waals surface area contributed by atoms with Crippen LogP contribution in [0.5, 0.6) is 0 Å². The first-order valence-corrected chi connectivity index (χ1v) is 12.3. The highest BCUT2D eigenvalue weighted by Gasteiger charge is 2.61. The van der Waals surface area contributed by atoms with E-state index in [0.29, 0.717) is 10.5 Å². The van der Waals surface area contributed by atoms with Crippen LogP contribution in [-0.2, 0) is 35.1 Å². The van der Waals surface area contributed by atoms with Crippen LogP contribution >= 0.6 is 24.0 Å². The van der Waals surface area contributed by atoms with E-state index < -0.39 is 46.3 Å². The minimum atomic E-state index is -1.69. The van der Waals surface area contributed by atoms with E-state index >= 15 is 0 Å². The molecule has 11 nitrogen and oxygen atoms in total. The topological polar surface area (TPSA) is 161 Å². The van der Waals surface area contributed by atoms with Crippen molar-refractivity contribution in [3.63, 3.8) is 0 Å². The number of carboxylic acid groups (broad SMARTS) is 1. The molecule has 0 radical (unpaired) electrons. The lowest BCUT2D eigenvalue weighted by atomic mass is 10.0. The summed E-state index contributed by atoms with van der Waals surface area (Å²) in [4.78, 5) is 53.2. The summed E-state index contributed by atoms with van der Waals surface area (Å²) in [5.41, 5.74) is 1.17. The van der Waals surface area contributed by atoms with E-state index in [0.717, 1.165) is 22.9 Å². The molecule has 2 aliphatic heterocycles. The Labute approximate surface area is 219 Å². The summed E-state index contributed by atoms with van der Waals surface area (Å²) in [6, 6.07) is 5.94. The van der Waals surface area contributed by atoms with Crippen molar-refractivity contribution in [3.8, 4) is 0 Å². The Morgan fingerprint density at radius 3 is 2.78 bits per heavy atom. The van der Waals surface area contributed by atoms with Crippen LogP contribution in [-0.4, -0.2) is 73.6 Å². The number of hydrogen-bond acceptors (Lipinski definition) is 8. The number of pyridine rings is 1. The number of aromatic nitrogens is 1. The number of anilines is 1. The molecule has 2 aromatic rings. The number of benzene rings is 1. The molecule has 2 amide bonds. The number of nitrogens with one attached hydrogen (secondary N) is 2. The Kier molecular flexibility index (Phi) is 8.67. The molecule has 0 spiro atoms. The Balaban J connectivity index is 0.00000361. The molecule has 1 unspecified atom stereocenters. The fourth-order valence-corrected chi connectivity index (χ4v) is 5.82. The van der Waals surface area contributed by atoms with Crippen molar-refractivity contribution in [2.75, 3.05) is 24.2 Å². The van der Waals surface area contributed by atoms with E-state index in [4.69, 9.17) is 16.3 Å². The van der Waals surface area contributed by atoms with Gasteiger partial charge in [0.2, 0.25) is 11.3 Å². The third kappa shape index (κ3) is 5.51. The highest BCUT2D eigenvalue weighted by atomic mass is 35.5. The third-order valence-corrected chi connectivity index (χ3v) is 7.44. The molecular weight excluding hydrogens is 535 g/mol. The summed E-state index contributed by atoms with van der Waals surface area (Å²) in [5, 5.41) is 15.7. The largest absolute Gasteiger partial charge is 0.614 e. The molecule has 2 aliphatic rings. The van der Waals surface area contributed by atoms with Gasteiger partial charge >= 0.3 is 11.9 Å². The number of amides is 2. The molecule has 0 saturated carbocycles. The van der Waals surface area contributed by atoms with E-state index in [1.165, 1.54) is 0 Å². The first-order chi connectivity index (χ1) is 16.7. The fraction of sp³-hybridized carbons (Fsp3) is 0.318. The fourth-order valence-electron chi connectivity index (χ4n) is 3.98. The van der Waals surface area contributed by atoms with Gasteiger partial charge in [0, 0.05) is 47.8 Å². The zero-order valence-electron chi connectivity index (χ0n) is 18.9. The van der Waals surface area contributed by atoms with Crippen molar-refractivity contribution in [2.45, 2.75) is 24.8 Å². The van der Waals surface area contributed by atoms with E-state index in [-0.39, 0.29) is 49.0 Å². The molecule has 14 heteroatoms. The molecule has 3 heterocycles. The van der Waals surface area contributed by atoms with Crippen LogP contribution in [0.15, 0.2) is 41.7 Å². The number of aliphatic carboxylic acids is 1. The van der Waals surface area contributed by atoms with Crippen molar-refractivity contribution in [3.05, 3.63) is 46.8 Å². The second kappa shape index (κ2) is 11.3. The lowest BCUT2D eigenvalue weighted by molar-refractivity contribution is -0.151. The summed E-state index contributed by atoms with van der Waals surface area (Å²) in [7, 11) is 0. The van der Waals surface area contributed by atoms with E-state index in [9.17, 15) is 28.8 Å². The van der Waals surface area contributed by atoms with E-state index in [1.807, 2.05) is 6.07 Å². The molecule has 1 saturated heterocycles. The van der Waals surface area contributed by atoms with Crippen LogP contribution in [0.25, 0.3) is 10.9 Å². The normalized spacial score (nSPS) is 20.7. The lowest BCUT2D eigenvalue weighted by Crippen LogP contribution is -2.74. The van der Waals surface area contributed by atoms with Gasteiger partial charge in [-0.25, -0.2) is 4.79 Å². The number of ether oxygens (including phenoxy) is 1. The molecular formula is C22H22Cl2N4O7S. The van der Waals surface area contributed by atoms with Crippen molar-refractivity contribution < 1.29 is 33.6 Å². The average Bonchev–Trinajstić information content (AvgIpc) is 2.80. The predicted octanol–water partition coefficient (Wildman–Crippen LogP) is 1.43. The summed E-state index contributed by atoms with van der Waals surface area (Å²) < 4.78 is 17.6. The summed E-state index contributed by atoms with van der Waals surface area (Å²) in [6.45, 7) is 1.03. The summed E-state index contributed by atoms with van der Waals surface area (Å²) in [6.07, 6.45) is 1.63. The Morgan fingerprint density at radius 2 is 2.08 bits per heavy atom. The summed E-state index contributed by atoms with van der Waals surface area (Å²) in [5.74, 6) is -3.36. The lowest BCUT2D eigenvalue weighted by Gasteiger charge is -2.48. The molecule has 1 fully saturated rings. The number of β-lactam (4-membered cyclic amide) rings is 1. The van der Waals surface area contributed by atoms with Crippen molar-refractivity contribution in [1.29, 1.82) is 0 Å². The van der Waals surface area contributed by atoms with Gasteiger partial charge in [0.05, 0.1) is 5.52 Å². The number of nitrogens with zero attached hydrogens (tertiary/aromatic N) is 2. The maximum Gasteiger partial charge on any atom is 0.353 e. The Morgan fingerprint density at radius 1 is 1.33 bits per heavy atom. The number of carbonyl (C=O) groups excluding carboxylic acids is 3. The standard InChI is InChI=1S/C22H21ClN4O7S.ClH/c1-11(28)34-9-12-10-35(33)21-18(20(30)27(21)19(12)22(31)32)26-17(29)5-7-24-15-4-6-25-16-8-13(23)2-3-14(15)16;/h2-4,6,8,18,21H,5,7,9-10H2,1H3,(H,24,25)(H,26,29)(H,31,32);1H/t18-,21-,35?;/m1./s1. The molecule has 1 aromatic heterocycles. The van der Waals surface area contributed by atoms with E-state index in [1.54, 1.807) is 24.4 Å². The number of carbonyl (C=O) groups is 4. The number of fused-ring (bicyclic) bond motifs is 2. The zero-order chi connectivity index (χ0) is 25.3. The predicted molar refractivity (Wildman–Crippen MR) is 134 cm³/mol. The van der Waals surface area contributed by atoms with E-state index in [2.05, 4.69) is 15.6 Å². The van der Waals surface area contributed by atoms with Gasteiger partial charge in [0.15, 0.2) is 6.04 Å². The molecule has 3 atom stereocenters. The third-order valence-electron chi connectivity index (χ3n) is 5.55. The number of halogens is 2. The summed E-state index contributed by atoms with van der Waals surface area (Å²) >= 11 is 4.31. The van der Waals surface area contributed by atoms with Crippen molar-refractivity contribution >= 4 is 75.5 Å². The number of hydrogen-bond donors (Lipinski definition) is 3. The SMILES string of the molecule is CC(=O)OCC1=C(C(=O)O)N2C(=O)[C@@H](NC(=O)CCNc3ccnc4cc(Cl)ccc34)[C@H]2[S+]([O-])C1.Cl. The van der Waals surface area contributed by atoms with Crippen LogP contribution in [0.1, 0.15) is 13.3 Å². The van der Waals surface area contributed by atoms with Gasteiger partial charge in [-0.2, -0.15) is 0 Å². The number of carboxylic acids is 1. The first kappa shape index (κ1) is 27.5. The average molecular weight is 557 g/mol. The first-order valence-electron chi connectivity index (χ1n) is 10.5. The maximum atomic E-state index is 12.7. The Hall–Kier alpha value is -3.06. The van der Waals surface area contributed by atoms with Crippen LogP contribution < -0.4 is 10.6 Å². The molecule has 192 valence electrons. The van der Waals surface area contributed by atoms with Gasteiger partial charge in [0.1, 0.15) is 18.1 Å².